The van der Waals surface area contributed by atoms with Crippen LogP contribution in [0.4, 0.5) is 0 Å². The average molecular weight is 520 g/mol. The first-order chi connectivity index (χ1) is 12.3. The second-order valence-corrected chi connectivity index (χ2v) is 8.46. The first-order valence-corrected chi connectivity index (χ1v) is 11.7. The number of nitrogens with zero attached hydrogens (tertiary/aromatic N) is 3. The predicted octanol–water partition coefficient (Wildman–Crippen LogP) is 2.34. The number of guanidine groups is 1. The lowest BCUT2D eigenvalue weighted by Gasteiger charge is -2.21. The van der Waals surface area contributed by atoms with E-state index in [2.05, 4.69) is 41.3 Å². The molecule has 0 aliphatic carbocycles. The van der Waals surface area contributed by atoms with Gasteiger partial charge in [-0.05, 0) is 46.3 Å². The number of nitrogens with one attached hydrogen (secondary N) is 2. The van der Waals surface area contributed by atoms with Gasteiger partial charge in [-0.25, -0.2) is 12.7 Å². The van der Waals surface area contributed by atoms with E-state index in [1.807, 2.05) is 20.8 Å². The van der Waals surface area contributed by atoms with E-state index in [0.717, 1.165) is 39.0 Å². The fraction of sp³-hybridized carbons (Fsp3) is 0.944. The molecule has 0 radical (unpaired) electrons. The molecule has 1 atom stereocenters. The first kappa shape index (κ1) is 29.1. The second-order valence-electron chi connectivity index (χ2n) is 6.38. The molecule has 0 aromatic carbocycles. The van der Waals surface area contributed by atoms with Crippen molar-refractivity contribution in [3.63, 3.8) is 0 Å². The molecule has 27 heavy (non-hydrogen) atoms. The molecule has 1 unspecified atom stereocenters. The summed E-state index contributed by atoms with van der Waals surface area (Å²) in [6, 6.07) is 0.294. The van der Waals surface area contributed by atoms with Crippen LogP contribution in [0.25, 0.3) is 0 Å². The average Bonchev–Trinajstić information content (AvgIpc) is 2.59. The van der Waals surface area contributed by atoms with E-state index in [1.165, 1.54) is 4.31 Å². The molecule has 9 heteroatoms. The molecule has 0 rings (SSSR count). The van der Waals surface area contributed by atoms with Gasteiger partial charge in [0.2, 0.25) is 10.0 Å². The summed E-state index contributed by atoms with van der Waals surface area (Å²) >= 11 is 0. The SMILES string of the molecule is CCNC(=NCCS(=O)(=O)N(CC)CC)NC(C)CCCN(CC)CC.I. The van der Waals surface area contributed by atoms with Gasteiger partial charge >= 0.3 is 0 Å². The highest BCUT2D eigenvalue weighted by Gasteiger charge is 2.18. The molecular formula is C18H42IN5O2S. The normalized spacial score (nSPS) is 13.6. The van der Waals surface area contributed by atoms with Crippen molar-refractivity contribution in [1.82, 2.24) is 19.8 Å². The topological polar surface area (TPSA) is 77.0 Å². The fourth-order valence-electron chi connectivity index (χ4n) is 2.81. The summed E-state index contributed by atoms with van der Waals surface area (Å²) in [5.74, 6) is 0.735. The first-order valence-electron chi connectivity index (χ1n) is 10.1. The zero-order valence-electron chi connectivity index (χ0n) is 18.1. The quantitative estimate of drug-likeness (QED) is 0.209. The highest BCUT2D eigenvalue weighted by atomic mass is 127. The Hall–Kier alpha value is -0.130. The molecule has 0 amide bonds. The van der Waals surface area contributed by atoms with Crippen LogP contribution in [0.5, 0.6) is 0 Å². The number of rotatable bonds is 14. The summed E-state index contributed by atoms with van der Waals surface area (Å²) in [7, 11) is -3.23. The molecule has 0 saturated heterocycles. The summed E-state index contributed by atoms with van der Waals surface area (Å²) < 4.78 is 25.9. The largest absolute Gasteiger partial charge is 0.357 e. The van der Waals surface area contributed by atoms with Crippen LogP contribution in [0.2, 0.25) is 0 Å². The van der Waals surface area contributed by atoms with Gasteiger partial charge in [-0.15, -0.1) is 24.0 Å². The van der Waals surface area contributed by atoms with E-state index in [1.54, 1.807) is 0 Å². The van der Waals surface area contributed by atoms with Gasteiger partial charge in [0.1, 0.15) is 0 Å². The zero-order valence-corrected chi connectivity index (χ0v) is 21.3. The predicted molar refractivity (Wildman–Crippen MR) is 128 cm³/mol. The minimum atomic E-state index is -3.23. The number of hydrogen-bond donors (Lipinski definition) is 2. The van der Waals surface area contributed by atoms with Crippen LogP contribution < -0.4 is 10.6 Å². The Labute approximate surface area is 184 Å². The molecule has 0 aromatic rings. The van der Waals surface area contributed by atoms with Gasteiger partial charge in [0.15, 0.2) is 5.96 Å². The van der Waals surface area contributed by atoms with Crippen LogP contribution in [0, 0.1) is 0 Å². The molecule has 0 bridgehead atoms. The van der Waals surface area contributed by atoms with E-state index in [4.69, 9.17) is 0 Å². The summed E-state index contributed by atoms with van der Waals surface area (Å²) in [6.07, 6.45) is 2.18. The van der Waals surface area contributed by atoms with Gasteiger partial charge < -0.3 is 15.5 Å². The number of sulfonamides is 1. The lowest BCUT2D eigenvalue weighted by atomic mass is 10.2. The molecule has 0 aliphatic heterocycles. The molecule has 164 valence electrons. The van der Waals surface area contributed by atoms with Crippen molar-refractivity contribution in [3.8, 4) is 0 Å². The fourth-order valence-corrected chi connectivity index (χ4v) is 4.17. The van der Waals surface area contributed by atoms with Gasteiger partial charge in [-0.1, -0.05) is 27.7 Å². The third kappa shape index (κ3) is 12.8. The van der Waals surface area contributed by atoms with Crippen molar-refractivity contribution < 1.29 is 8.42 Å². The Balaban J connectivity index is 0. The van der Waals surface area contributed by atoms with Gasteiger partial charge in [0, 0.05) is 25.7 Å². The third-order valence-corrected chi connectivity index (χ3v) is 6.45. The molecular weight excluding hydrogens is 477 g/mol. The number of halogens is 1. The van der Waals surface area contributed by atoms with E-state index < -0.39 is 10.0 Å². The van der Waals surface area contributed by atoms with Crippen molar-refractivity contribution in [3.05, 3.63) is 0 Å². The van der Waals surface area contributed by atoms with Crippen LogP contribution in [0.3, 0.4) is 0 Å². The van der Waals surface area contributed by atoms with Crippen LogP contribution in [-0.4, -0.2) is 81.2 Å². The zero-order chi connectivity index (χ0) is 20.0. The Morgan fingerprint density at radius 3 is 2.11 bits per heavy atom. The molecule has 0 heterocycles. The van der Waals surface area contributed by atoms with Crippen LogP contribution in [0.15, 0.2) is 4.99 Å². The third-order valence-electron chi connectivity index (χ3n) is 4.45. The maximum atomic E-state index is 12.2. The summed E-state index contributed by atoms with van der Waals surface area (Å²) in [5, 5.41) is 6.58. The van der Waals surface area contributed by atoms with Gasteiger partial charge in [-0.2, -0.15) is 0 Å². The Kier molecular flexibility index (Phi) is 18.1. The highest BCUT2D eigenvalue weighted by Crippen LogP contribution is 2.02. The molecule has 2 N–H and O–H groups in total. The van der Waals surface area contributed by atoms with Gasteiger partial charge in [0.05, 0.1) is 12.3 Å². The number of aliphatic imine (C=N–C) groups is 1. The van der Waals surface area contributed by atoms with Crippen molar-refractivity contribution in [2.45, 2.75) is 60.4 Å². The summed E-state index contributed by atoms with van der Waals surface area (Å²) in [6.45, 7) is 17.5. The maximum absolute atomic E-state index is 12.2. The van der Waals surface area contributed by atoms with E-state index >= 15 is 0 Å². The minimum Gasteiger partial charge on any atom is -0.357 e. The standard InChI is InChI=1S/C18H41N5O2S.HI/c1-7-19-18(20-14-16-26(24,25)23(10-4)11-5)21-17(6)13-12-15-22(8-2)9-3;/h17H,7-16H2,1-6H3,(H2,19,20,21);1H. The molecule has 0 spiro atoms. The van der Waals surface area contributed by atoms with E-state index in [9.17, 15) is 8.42 Å². The van der Waals surface area contributed by atoms with Crippen molar-refractivity contribution in [2.24, 2.45) is 4.99 Å². The smallest absolute Gasteiger partial charge is 0.215 e. The molecule has 0 aromatic heterocycles. The molecule has 7 nitrogen and oxygen atoms in total. The lowest BCUT2D eigenvalue weighted by molar-refractivity contribution is 0.292. The minimum absolute atomic E-state index is 0. The van der Waals surface area contributed by atoms with E-state index in [-0.39, 0.29) is 36.3 Å². The second kappa shape index (κ2) is 16.8. The molecule has 0 aliphatic rings. The summed E-state index contributed by atoms with van der Waals surface area (Å²) in [4.78, 5) is 6.86. The monoisotopic (exact) mass is 519 g/mol. The number of hydrogen-bond acceptors (Lipinski definition) is 4. The molecule has 0 fully saturated rings. The van der Waals surface area contributed by atoms with Gasteiger partial charge in [0.25, 0.3) is 0 Å². The lowest BCUT2D eigenvalue weighted by Crippen LogP contribution is -2.43. The highest BCUT2D eigenvalue weighted by molar-refractivity contribution is 14.0. The summed E-state index contributed by atoms with van der Waals surface area (Å²) in [5.41, 5.74) is 0. The van der Waals surface area contributed by atoms with Crippen LogP contribution in [0.1, 0.15) is 54.4 Å². The van der Waals surface area contributed by atoms with Gasteiger partial charge in [-0.3, -0.25) is 4.99 Å². The van der Waals surface area contributed by atoms with Crippen molar-refractivity contribution in [2.75, 3.05) is 51.6 Å². The molecule has 0 saturated carbocycles. The van der Waals surface area contributed by atoms with Crippen LogP contribution in [-0.2, 0) is 10.0 Å². The maximum Gasteiger partial charge on any atom is 0.215 e. The van der Waals surface area contributed by atoms with Crippen molar-refractivity contribution >= 4 is 40.0 Å². The van der Waals surface area contributed by atoms with Crippen LogP contribution >= 0.6 is 24.0 Å². The van der Waals surface area contributed by atoms with Crippen molar-refractivity contribution in [1.29, 1.82) is 0 Å². The Bertz CT molecular complexity index is 480. The Morgan fingerprint density at radius 1 is 1.04 bits per heavy atom. The Morgan fingerprint density at radius 2 is 1.63 bits per heavy atom. The van der Waals surface area contributed by atoms with E-state index in [0.29, 0.717) is 25.1 Å².